The second-order valence-corrected chi connectivity index (χ2v) is 9.22. The third-order valence-corrected chi connectivity index (χ3v) is 5.92. The summed E-state index contributed by atoms with van der Waals surface area (Å²) in [5, 5.41) is 8.23. The molecule has 192 valence electrons. The van der Waals surface area contributed by atoms with Gasteiger partial charge in [0.15, 0.2) is 5.25 Å². The molecule has 10 heteroatoms. The smallest absolute Gasteiger partial charge is 0.323 e. The van der Waals surface area contributed by atoms with Gasteiger partial charge in [-0.15, -0.1) is 0 Å². The summed E-state index contributed by atoms with van der Waals surface area (Å²) < 4.78 is 37.5. The number of ether oxygens (including phenoxy) is 1. The highest BCUT2D eigenvalue weighted by molar-refractivity contribution is 7.87. The Labute approximate surface area is 194 Å². The summed E-state index contributed by atoms with van der Waals surface area (Å²) in [6, 6.07) is 0. The maximum absolute atomic E-state index is 11.6. The lowest BCUT2D eigenvalue weighted by molar-refractivity contribution is -0.305. The first-order valence-electron chi connectivity index (χ1n) is 11.2. The van der Waals surface area contributed by atoms with Crippen molar-refractivity contribution in [3.8, 4) is 0 Å². The normalized spacial score (nSPS) is 12.1. The maximum atomic E-state index is 11.6. The van der Waals surface area contributed by atoms with Gasteiger partial charge in [0, 0.05) is 12.4 Å². The molecule has 1 unspecified atom stereocenters. The molecule has 0 rings (SSSR count). The van der Waals surface area contributed by atoms with E-state index in [0.717, 1.165) is 38.5 Å². The van der Waals surface area contributed by atoms with Crippen LogP contribution in [0.2, 0.25) is 0 Å². The second kappa shape index (κ2) is 22.7. The van der Waals surface area contributed by atoms with E-state index >= 15 is 0 Å². The van der Waals surface area contributed by atoms with Crippen LogP contribution in [-0.4, -0.2) is 36.8 Å². The SMILES string of the molecule is CCCCCCCCC=CCCCCCCCCOC(=O)C(CC(=O)[O-])S(=O)(=O)[O-].[NH4+].[NH4+]. The minimum Gasteiger partial charge on any atom is -0.747 e. The molecule has 0 saturated carbocycles. The number of allylic oxidation sites excluding steroid dienone is 2. The fourth-order valence-electron chi connectivity index (χ4n) is 3.07. The lowest BCUT2D eigenvalue weighted by Gasteiger charge is -2.19. The number of esters is 1. The van der Waals surface area contributed by atoms with Gasteiger partial charge in [0.1, 0.15) is 10.1 Å². The number of aliphatic carboxylic acids is 1. The van der Waals surface area contributed by atoms with E-state index in [0.29, 0.717) is 6.42 Å². The van der Waals surface area contributed by atoms with Crippen LogP contribution in [0.25, 0.3) is 0 Å². The van der Waals surface area contributed by atoms with Gasteiger partial charge in [0.05, 0.1) is 6.61 Å². The third-order valence-electron chi connectivity index (χ3n) is 4.86. The molecule has 0 radical (unpaired) electrons. The van der Waals surface area contributed by atoms with Crippen LogP contribution < -0.4 is 17.4 Å². The van der Waals surface area contributed by atoms with Gasteiger partial charge in [-0.25, -0.2) is 8.42 Å². The van der Waals surface area contributed by atoms with Crippen molar-refractivity contribution >= 4 is 22.1 Å². The number of carboxylic acid groups (broad SMARTS) is 1. The Balaban J connectivity index is -0.00000420. The molecule has 0 amide bonds. The largest absolute Gasteiger partial charge is 0.747 e. The zero-order valence-electron chi connectivity index (χ0n) is 20.3. The lowest BCUT2D eigenvalue weighted by Crippen LogP contribution is -2.38. The monoisotopic (exact) mass is 482 g/mol. The third kappa shape index (κ3) is 21.7. The summed E-state index contributed by atoms with van der Waals surface area (Å²) in [5.74, 6) is -3.10. The summed E-state index contributed by atoms with van der Waals surface area (Å²) in [5.41, 5.74) is 0. The molecule has 0 aliphatic heterocycles. The van der Waals surface area contributed by atoms with E-state index in [1.54, 1.807) is 0 Å². The first-order chi connectivity index (χ1) is 14.3. The Morgan fingerprint density at radius 2 is 1.25 bits per heavy atom. The molecule has 0 fully saturated rings. The number of carbonyl (C=O) groups excluding carboxylic acids is 2. The number of hydrogen-bond donors (Lipinski definition) is 2. The molecule has 0 aliphatic carbocycles. The van der Waals surface area contributed by atoms with Crippen molar-refractivity contribution in [2.75, 3.05) is 6.61 Å². The fourth-order valence-corrected chi connectivity index (χ4v) is 3.71. The zero-order valence-corrected chi connectivity index (χ0v) is 21.1. The minimum atomic E-state index is -5.08. The van der Waals surface area contributed by atoms with Crippen LogP contribution in [0.4, 0.5) is 0 Å². The van der Waals surface area contributed by atoms with Crippen molar-refractivity contribution in [2.24, 2.45) is 0 Å². The van der Waals surface area contributed by atoms with Crippen molar-refractivity contribution in [3.63, 3.8) is 0 Å². The molecule has 1 atom stereocenters. The van der Waals surface area contributed by atoms with Crippen LogP contribution in [0, 0.1) is 0 Å². The van der Waals surface area contributed by atoms with Gasteiger partial charge < -0.3 is 31.5 Å². The molecule has 0 aromatic rings. The summed E-state index contributed by atoms with van der Waals surface area (Å²) in [4.78, 5) is 22.1. The highest BCUT2D eigenvalue weighted by atomic mass is 32.2. The Kier molecular flexibility index (Phi) is 24.9. The fraction of sp³-hybridized carbons (Fsp3) is 0.818. The number of carboxylic acids is 1. The summed E-state index contributed by atoms with van der Waals surface area (Å²) in [6.45, 7) is 2.20. The predicted molar refractivity (Wildman–Crippen MR) is 125 cm³/mol. The van der Waals surface area contributed by atoms with Crippen molar-refractivity contribution in [2.45, 2.75) is 108 Å². The van der Waals surface area contributed by atoms with E-state index in [4.69, 9.17) is 4.74 Å². The van der Waals surface area contributed by atoms with Crippen LogP contribution in [0.15, 0.2) is 12.2 Å². The van der Waals surface area contributed by atoms with E-state index < -0.39 is 33.7 Å². The van der Waals surface area contributed by atoms with E-state index in [-0.39, 0.29) is 18.9 Å². The average Bonchev–Trinajstić information content (AvgIpc) is 2.67. The zero-order chi connectivity index (χ0) is 22.7. The molecule has 0 heterocycles. The molecule has 0 aromatic heterocycles. The second-order valence-electron chi connectivity index (χ2n) is 7.66. The molecular weight excluding hydrogens is 436 g/mol. The number of rotatable bonds is 20. The number of carbonyl (C=O) groups is 2. The van der Waals surface area contributed by atoms with Crippen molar-refractivity contribution in [1.82, 2.24) is 12.3 Å². The first-order valence-corrected chi connectivity index (χ1v) is 12.7. The summed E-state index contributed by atoms with van der Waals surface area (Å²) in [6.07, 6.45) is 19.2. The molecule has 0 aromatic carbocycles. The van der Waals surface area contributed by atoms with Crippen molar-refractivity contribution in [3.05, 3.63) is 12.2 Å². The van der Waals surface area contributed by atoms with Gasteiger partial charge in [-0.1, -0.05) is 76.9 Å². The molecular formula is C22H46N2O7S. The molecule has 0 aliphatic rings. The Bertz CT molecular complexity index is 595. The number of quaternary nitrogens is 2. The standard InChI is InChI=1S/C22H40O7S.2H3N/c1-2-3-4-5-6-7-8-9-10-11-12-13-14-15-16-17-18-29-22(25)20(19-21(23)24)30(26,27)28;;/h9-10,20H,2-8,11-19H2,1H3,(H,23,24)(H,26,27,28);2*1H3. The van der Waals surface area contributed by atoms with Gasteiger partial charge in [0.2, 0.25) is 0 Å². The summed E-state index contributed by atoms with van der Waals surface area (Å²) >= 11 is 0. The minimum absolute atomic E-state index is 0. The quantitative estimate of drug-likeness (QED) is 0.111. The van der Waals surface area contributed by atoms with E-state index in [9.17, 15) is 27.7 Å². The highest BCUT2D eigenvalue weighted by Gasteiger charge is 2.27. The number of hydrogen-bond acceptors (Lipinski definition) is 7. The van der Waals surface area contributed by atoms with Crippen LogP contribution in [0.1, 0.15) is 103 Å². The lowest BCUT2D eigenvalue weighted by atomic mass is 10.1. The molecule has 32 heavy (non-hydrogen) atoms. The molecule has 0 saturated heterocycles. The summed E-state index contributed by atoms with van der Waals surface area (Å²) in [7, 11) is -5.08. The van der Waals surface area contributed by atoms with Gasteiger partial charge >= 0.3 is 5.97 Å². The highest BCUT2D eigenvalue weighted by Crippen LogP contribution is 2.11. The van der Waals surface area contributed by atoms with Gasteiger partial charge in [0.25, 0.3) is 0 Å². The van der Waals surface area contributed by atoms with Crippen LogP contribution in [-0.2, 0) is 24.4 Å². The molecule has 0 spiro atoms. The first kappa shape index (κ1) is 35.1. The maximum Gasteiger partial charge on any atom is 0.323 e. The molecule has 9 nitrogen and oxygen atoms in total. The number of unbranched alkanes of at least 4 members (excludes halogenated alkanes) is 12. The predicted octanol–water partition coefficient (Wildman–Crippen LogP) is 4.37. The van der Waals surface area contributed by atoms with Gasteiger partial charge in [-0.05, 0) is 32.1 Å². The van der Waals surface area contributed by atoms with Gasteiger partial charge in [-0.2, -0.15) is 0 Å². The Morgan fingerprint density at radius 3 is 1.69 bits per heavy atom. The molecule has 0 bridgehead atoms. The van der Waals surface area contributed by atoms with Crippen LogP contribution in [0.3, 0.4) is 0 Å². The van der Waals surface area contributed by atoms with E-state index in [1.807, 2.05) is 0 Å². The van der Waals surface area contributed by atoms with E-state index in [1.165, 1.54) is 44.9 Å². The van der Waals surface area contributed by atoms with Gasteiger partial charge in [-0.3, -0.25) is 4.79 Å². The van der Waals surface area contributed by atoms with E-state index in [2.05, 4.69) is 19.1 Å². The van der Waals surface area contributed by atoms with Crippen LogP contribution >= 0.6 is 0 Å². The topological polar surface area (TPSA) is 197 Å². The Hall–Kier alpha value is -1.49. The molecule has 8 N–H and O–H groups in total. The Morgan fingerprint density at radius 1 is 0.812 bits per heavy atom. The van der Waals surface area contributed by atoms with Crippen molar-refractivity contribution < 1.29 is 32.4 Å². The van der Waals surface area contributed by atoms with Crippen LogP contribution in [0.5, 0.6) is 0 Å². The average molecular weight is 483 g/mol. The van der Waals surface area contributed by atoms with Crippen molar-refractivity contribution in [1.29, 1.82) is 0 Å².